The maximum atomic E-state index is 9.61. The van der Waals surface area contributed by atoms with Crippen LogP contribution in [-0.4, -0.2) is 19.5 Å². The normalized spacial score (nSPS) is 12.9. The van der Waals surface area contributed by atoms with E-state index in [1.54, 1.807) is 0 Å². The molecule has 0 aromatic rings. The van der Waals surface area contributed by atoms with Crippen molar-refractivity contribution >= 4 is 17.7 Å². The van der Waals surface area contributed by atoms with Crippen LogP contribution in [0.4, 0.5) is 0 Å². The summed E-state index contributed by atoms with van der Waals surface area (Å²) in [5.41, 5.74) is 0. The van der Waals surface area contributed by atoms with Crippen molar-refractivity contribution in [1.29, 1.82) is 0 Å². The van der Waals surface area contributed by atoms with Crippen LogP contribution in [0.15, 0.2) is 0 Å². The summed E-state index contributed by atoms with van der Waals surface area (Å²) in [6.07, 6.45) is 0.0517. The largest absolute Gasteiger partial charge is 0.289 e. The van der Waals surface area contributed by atoms with Gasteiger partial charge in [-0.2, -0.15) is 0 Å². The van der Waals surface area contributed by atoms with Crippen LogP contribution < -0.4 is 0 Å². The minimum absolute atomic E-state index is 0.0517. The Morgan fingerprint density at radius 3 is 2.29 bits per heavy atom. The maximum absolute atomic E-state index is 9.61. The molecule has 0 heterocycles. The molecule has 0 bridgehead atoms. The van der Waals surface area contributed by atoms with E-state index in [1.165, 1.54) is 0 Å². The number of carbonyl (C=O) groups excluding carboxylic acids is 1. The van der Waals surface area contributed by atoms with Crippen molar-refractivity contribution in [3.8, 4) is 0 Å². The molecule has 7 heavy (non-hydrogen) atoms. The standard InChI is InChI=1S/C2H3NO3S/c1-3(2-4)7(5)6/h1-2H,(H,5,6). The molecule has 0 saturated heterocycles. The molecule has 0 fully saturated rings. The molecule has 1 N–H and O–H groups in total. The molecule has 0 saturated carbocycles. The molecule has 0 spiro atoms. The molecule has 1 atom stereocenters. The molecular formula is C2H3NO3S. The third-order valence-electron chi connectivity index (χ3n) is 0.284. The lowest BCUT2D eigenvalue weighted by Crippen LogP contribution is -2.14. The Labute approximate surface area is 43.5 Å². The van der Waals surface area contributed by atoms with Gasteiger partial charge < -0.3 is 0 Å². The molecule has 0 aromatic heterocycles. The second-order valence-corrected chi connectivity index (χ2v) is 1.58. The molecule has 5 heteroatoms. The van der Waals surface area contributed by atoms with E-state index in [1.807, 2.05) is 0 Å². The zero-order chi connectivity index (χ0) is 5.86. The fourth-order valence-corrected chi connectivity index (χ4v) is 0.110. The Balaban J connectivity index is 3.55. The fourth-order valence-electron chi connectivity index (χ4n) is 0.0368. The Morgan fingerprint density at radius 2 is 2.29 bits per heavy atom. The van der Waals surface area contributed by atoms with E-state index in [0.717, 1.165) is 0 Å². The first-order chi connectivity index (χ1) is 3.18. The first-order valence-corrected chi connectivity index (χ1v) is 2.35. The van der Waals surface area contributed by atoms with Crippen LogP contribution in [-0.2, 0) is 16.1 Å². The molecule has 0 aliphatic heterocycles. The number of carbonyl (C=O) groups is 1. The predicted molar refractivity (Wildman–Crippen MR) is 23.0 cm³/mol. The van der Waals surface area contributed by atoms with Gasteiger partial charge in [-0.25, -0.2) is 8.51 Å². The van der Waals surface area contributed by atoms with Gasteiger partial charge in [0.15, 0.2) is 0 Å². The molecule has 0 aliphatic carbocycles. The van der Waals surface area contributed by atoms with E-state index in [4.69, 9.17) is 4.55 Å². The van der Waals surface area contributed by atoms with Gasteiger partial charge >= 0.3 is 0 Å². The SMILES string of the molecule is [CH]N(C=O)S(=O)O. The second kappa shape index (κ2) is 2.70. The quantitative estimate of drug-likeness (QED) is 0.297. The van der Waals surface area contributed by atoms with E-state index in [2.05, 4.69) is 7.05 Å². The van der Waals surface area contributed by atoms with Crippen molar-refractivity contribution in [3.05, 3.63) is 7.05 Å². The zero-order valence-corrected chi connectivity index (χ0v) is 4.09. The van der Waals surface area contributed by atoms with Gasteiger partial charge in [-0.1, -0.05) is 0 Å². The molecule has 2 radical (unpaired) electrons. The van der Waals surface area contributed by atoms with Crippen molar-refractivity contribution in [2.75, 3.05) is 0 Å². The number of amides is 1. The Hall–Kier alpha value is -0.420. The van der Waals surface area contributed by atoms with E-state index in [-0.39, 0.29) is 10.7 Å². The van der Waals surface area contributed by atoms with Crippen LogP contribution in [0.5, 0.6) is 0 Å². The number of hydrogen-bond acceptors (Lipinski definition) is 2. The lowest BCUT2D eigenvalue weighted by Gasteiger charge is -1.97. The lowest BCUT2D eigenvalue weighted by atomic mass is 11.2. The van der Waals surface area contributed by atoms with Gasteiger partial charge in [0, 0.05) is 0 Å². The fraction of sp³-hybridized carbons (Fsp3) is 0. The molecule has 1 unspecified atom stereocenters. The van der Waals surface area contributed by atoms with Crippen LogP contribution in [0.2, 0.25) is 0 Å². The van der Waals surface area contributed by atoms with Gasteiger partial charge in [0.2, 0.25) is 6.41 Å². The Kier molecular flexibility index (Phi) is 2.54. The number of nitrogens with zero attached hydrogens (tertiary/aromatic N) is 1. The topological polar surface area (TPSA) is 57.6 Å². The zero-order valence-electron chi connectivity index (χ0n) is 3.27. The van der Waals surface area contributed by atoms with Crippen molar-refractivity contribution in [1.82, 2.24) is 4.31 Å². The van der Waals surface area contributed by atoms with Crippen LogP contribution in [0.1, 0.15) is 0 Å². The van der Waals surface area contributed by atoms with Gasteiger partial charge in [-0.15, -0.1) is 0 Å². The summed E-state index contributed by atoms with van der Waals surface area (Å²) in [6, 6.07) is 0. The van der Waals surface area contributed by atoms with Gasteiger partial charge in [-0.05, 0) is 0 Å². The van der Waals surface area contributed by atoms with Crippen LogP contribution >= 0.6 is 0 Å². The molecular weight excluding hydrogens is 118 g/mol. The average Bonchev–Trinajstić information content (AvgIpc) is 1.65. The summed E-state index contributed by atoms with van der Waals surface area (Å²) in [7, 11) is 4.53. The number of rotatable bonds is 2. The summed E-state index contributed by atoms with van der Waals surface area (Å²) in [5, 5.41) is 0. The van der Waals surface area contributed by atoms with Crippen LogP contribution in [0.25, 0.3) is 0 Å². The monoisotopic (exact) mass is 121 g/mol. The van der Waals surface area contributed by atoms with E-state index in [0.29, 0.717) is 0 Å². The molecule has 40 valence electrons. The number of hydrogen-bond donors (Lipinski definition) is 1. The highest BCUT2D eigenvalue weighted by Crippen LogP contribution is 1.78. The highest BCUT2D eigenvalue weighted by Gasteiger charge is 1.96. The predicted octanol–water partition coefficient (Wildman–Crippen LogP) is -0.750. The molecule has 0 rings (SSSR count). The molecule has 1 amide bonds. The minimum Gasteiger partial charge on any atom is -0.289 e. The Bertz CT molecular complexity index is 92.9. The maximum Gasteiger partial charge on any atom is 0.264 e. The highest BCUT2D eigenvalue weighted by molar-refractivity contribution is 7.77. The van der Waals surface area contributed by atoms with E-state index < -0.39 is 11.3 Å². The van der Waals surface area contributed by atoms with Gasteiger partial charge in [0.05, 0.1) is 7.05 Å². The van der Waals surface area contributed by atoms with Gasteiger partial charge in [-0.3, -0.25) is 9.35 Å². The molecule has 4 nitrogen and oxygen atoms in total. The summed E-state index contributed by atoms with van der Waals surface area (Å²) >= 11 is -2.37. The minimum atomic E-state index is -2.37. The average molecular weight is 121 g/mol. The third kappa shape index (κ3) is 2.30. The first-order valence-electron chi connectivity index (χ1n) is 1.28. The summed E-state index contributed by atoms with van der Waals surface area (Å²) < 4.78 is 17.6. The first kappa shape index (κ1) is 6.58. The van der Waals surface area contributed by atoms with Gasteiger partial charge in [0.1, 0.15) is 0 Å². The second-order valence-electron chi connectivity index (χ2n) is 0.696. The van der Waals surface area contributed by atoms with Crippen LogP contribution in [0, 0.1) is 7.05 Å². The molecule has 0 aliphatic rings. The highest BCUT2D eigenvalue weighted by atomic mass is 32.2. The lowest BCUT2D eigenvalue weighted by molar-refractivity contribution is -0.112. The third-order valence-corrected chi connectivity index (χ3v) is 0.731. The smallest absolute Gasteiger partial charge is 0.264 e. The van der Waals surface area contributed by atoms with E-state index in [9.17, 15) is 9.00 Å². The van der Waals surface area contributed by atoms with E-state index >= 15 is 0 Å². The van der Waals surface area contributed by atoms with Crippen LogP contribution in [0.3, 0.4) is 0 Å². The molecule has 0 aromatic carbocycles. The van der Waals surface area contributed by atoms with Gasteiger partial charge in [0.25, 0.3) is 11.3 Å². The summed E-state index contributed by atoms with van der Waals surface area (Å²) in [5.74, 6) is 0. The van der Waals surface area contributed by atoms with Crippen molar-refractivity contribution in [2.24, 2.45) is 0 Å². The van der Waals surface area contributed by atoms with Crippen molar-refractivity contribution in [3.63, 3.8) is 0 Å². The summed E-state index contributed by atoms with van der Waals surface area (Å²) in [4.78, 5) is 9.39. The van der Waals surface area contributed by atoms with Crippen molar-refractivity contribution < 1.29 is 13.6 Å². The van der Waals surface area contributed by atoms with Crippen molar-refractivity contribution in [2.45, 2.75) is 0 Å². The summed E-state index contributed by atoms with van der Waals surface area (Å²) in [6.45, 7) is 0. The Morgan fingerprint density at radius 1 is 1.86 bits per heavy atom.